The third-order valence-corrected chi connectivity index (χ3v) is 6.08. The zero-order valence-corrected chi connectivity index (χ0v) is 19.3. The van der Waals surface area contributed by atoms with Gasteiger partial charge in [-0.05, 0) is 49.2 Å². The number of carbonyl (C=O) groups excluding carboxylic acids is 1. The van der Waals surface area contributed by atoms with Gasteiger partial charge < -0.3 is 10.6 Å². The van der Waals surface area contributed by atoms with E-state index in [2.05, 4.69) is 19.9 Å². The van der Waals surface area contributed by atoms with Gasteiger partial charge in [-0.1, -0.05) is 6.07 Å². The molecule has 0 unspecified atom stereocenters. The van der Waals surface area contributed by atoms with Crippen molar-refractivity contribution in [1.29, 1.82) is 0 Å². The number of hydrogen-bond acceptors (Lipinski definition) is 6. The Morgan fingerprint density at radius 2 is 2.00 bits per heavy atom. The van der Waals surface area contributed by atoms with Crippen molar-refractivity contribution in [3.8, 4) is 11.4 Å². The van der Waals surface area contributed by atoms with Gasteiger partial charge in [0.05, 0.1) is 30.2 Å². The van der Waals surface area contributed by atoms with E-state index in [1.807, 2.05) is 6.07 Å². The van der Waals surface area contributed by atoms with E-state index >= 15 is 0 Å². The first-order valence-corrected chi connectivity index (χ1v) is 11.5. The first-order chi connectivity index (χ1) is 17.5. The molecule has 1 atom stereocenters. The number of halogens is 2. The molecular weight excluding hydrogens is 464 g/mol. The fraction of sp³-hybridized carbons (Fsp3) is 0.192. The molecule has 0 radical (unpaired) electrons. The summed E-state index contributed by atoms with van der Waals surface area (Å²) in [4.78, 5) is 33.0. The topological polar surface area (TPSA) is 102 Å². The second kappa shape index (κ2) is 10.0. The molecule has 0 aliphatic carbocycles. The van der Waals surface area contributed by atoms with Gasteiger partial charge in [-0.3, -0.25) is 24.2 Å². The minimum absolute atomic E-state index is 0.162. The number of rotatable bonds is 6. The molecule has 0 saturated carbocycles. The molecule has 5 rings (SSSR count). The Morgan fingerprint density at radius 1 is 1.14 bits per heavy atom. The zero-order valence-electron chi connectivity index (χ0n) is 19.3. The molecular formula is C26H23F2N7O. The average molecular weight is 488 g/mol. The van der Waals surface area contributed by atoms with Crippen LogP contribution in [0.15, 0.2) is 72.2 Å². The number of nitrogens with two attached hydrogens (primary N) is 1. The second-order valence-electron chi connectivity index (χ2n) is 8.37. The Hall–Kier alpha value is -4.47. The lowest BCUT2D eigenvalue weighted by molar-refractivity contribution is 0.0735. The number of allylic oxidation sites excluding steroid dienone is 1. The number of pyridine rings is 3. The van der Waals surface area contributed by atoms with Crippen LogP contribution in [0.25, 0.3) is 22.6 Å². The van der Waals surface area contributed by atoms with Gasteiger partial charge in [-0.25, -0.2) is 13.8 Å². The Balaban J connectivity index is 1.42. The lowest BCUT2D eigenvalue weighted by atomic mass is 10.1. The van der Waals surface area contributed by atoms with Crippen LogP contribution in [0.4, 0.5) is 8.78 Å². The van der Waals surface area contributed by atoms with E-state index in [9.17, 15) is 13.6 Å². The number of hydrogen-bond donors (Lipinski definition) is 1. The molecule has 1 aliphatic heterocycles. The van der Waals surface area contributed by atoms with E-state index in [0.717, 1.165) is 19.0 Å². The molecule has 0 spiro atoms. The molecule has 10 heteroatoms. The van der Waals surface area contributed by atoms with Gasteiger partial charge in [0, 0.05) is 36.9 Å². The summed E-state index contributed by atoms with van der Waals surface area (Å²) in [7, 11) is 0. The molecule has 8 nitrogen and oxygen atoms in total. The smallest absolute Gasteiger partial charge is 0.273 e. The lowest BCUT2D eigenvalue weighted by Crippen LogP contribution is -2.38. The molecule has 0 bridgehead atoms. The quantitative estimate of drug-likeness (QED) is 0.418. The van der Waals surface area contributed by atoms with E-state index in [0.29, 0.717) is 41.4 Å². The van der Waals surface area contributed by atoms with E-state index in [-0.39, 0.29) is 17.6 Å². The highest BCUT2D eigenvalue weighted by molar-refractivity contribution is 6.08. The Kier molecular flexibility index (Phi) is 6.48. The number of aliphatic imine (C=N–C) groups is 1. The van der Waals surface area contributed by atoms with Crippen molar-refractivity contribution >= 4 is 23.3 Å². The fourth-order valence-corrected chi connectivity index (χ4v) is 4.35. The second-order valence-corrected chi connectivity index (χ2v) is 8.37. The van der Waals surface area contributed by atoms with Crippen LogP contribution in [0.2, 0.25) is 0 Å². The molecule has 36 heavy (non-hydrogen) atoms. The lowest BCUT2D eigenvalue weighted by Gasteiger charge is -2.23. The highest BCUT2D eigenvalue weighted by Crippen LogP contribution is 2.28. The molecule has 5 heterocycles. The van der Waals surface area contributed by atoms with Crippen LogP contribution in [-0.2, 0) is 0 Å². The third kappa shape index (κ3) is 4.57. The Labute approximate surface area is 205 Å². The van der Waals surface area contributed by atoms with Crippen molar-refractivity contribution in [3.05, 3.63) is 90.3 Å². The number of nitrogens with zero attached hydrogens (tertiary/aromatic N) is 6. The molecule has 4 aromatic heterocycles. The molecule has 0 aromatic carbocycles. The van der Waals surface area contributed by atoms with Crippen LogP contribution >= 0.6 is 0 Å². The Bertz CT molecular complexity index is 1450. The summed E-state index contributed by atoms with van der Waals surface area (Å²) in [5.74, 6) is -1.18. The van der Waals surface area contributed by atoms with Crippen molar-refractivity contribution in [3.63, 3.8) is 0 Å². The highest BCUT2D eigenvalue weighted by Gasteiger charge is 2.33. The van der Waals surface area contributed by atoms with Gasteiger partial charge in [0.25, 0.3) is 5.91 Å². The first kappa shape index (κ1) is 23.3. The minimum Gasteiger partial charge on any atom is -0.404 e. The Morgan fingerprint density at radius 3 is 2.75 bits per heavy atom. The highest BCUT2D eigenvalue weighted by atomic mass is 19.1. The monoisotopic (exact) mass is 487 g/mol. The molecule has 1 fully saturated rings. The van der Waals surface area contributed by atoms with E-state index < -0.39 is 11.6 Å². The molecule has 4 aromatic rings. The number of aromatic nitrogens is 4. The number of amides is 1. The summed E-state index contributed by atoms with van der Waals surface area (Å²) in [6.07, 6.45) is 8.51. The predicted molar refractivity (Wildman–Crippen MR) is 132 cm³/mol. The van der Waals surface area contributed by atoms with Crippen molar-refractivity contribution in [2.24, 2.45) is 10.7 Å². The largest absolute Gasteiger partial charge is 0.404 e. The van der Waals surface area contributed by atoms with Gasteiger partial charge in [0.15, 0.2) is 0 Å². The summed E-state index contributed by atoms with van der Waals surface area (Å²) in [6.45, 7) is 0.886. The van der Waals surface area contributed by atoms with Gasteiger partial charge in [0.1, 0.15) is 28.7 Å². The maximum Gasteiger partial charge on any atom is 0.273 e. The maximum atomic E-state index is 14.1. The molecule has 1 aliphatic rings. The predicted octanol–water partition coefficient (Wildman–Crippen LogP) is 3.74. The van der Waals surface area contributed by atoms with Gasteiger partial charge in [-0.15, -0.1) is 0 Å². The van der Waals surface area contributed by atoms with Crippen molar-refractivity contribution in [2.75, 3.05) is 13.1 Å². The summed E-state index contributed by atoms with van der Waals surface area (Å²) in [5, 5.41) is 0. The van der Waals surface area contributed by atoms with Gasteiger partial charge in [-0.2, -0.15) is 0 Å². The molecule has 1 saturated heterocycles. The van der Waals surface area contributed by atoms with Crippen LogP contribution < -0.4 is 5.73 Å². The normalized spacial score (nSPS) is 16.3. The summed E-state index contributed by atoms with van der Waals surface area (Å²) >= 11 is 0. The van der Waals surface area contributed by atoms with E-state index in [1.165, 1.54) is 41.1 Å². The fourth-order valence-electron chi connectivity index (χ4n) is 4.35. The number of fused-ring (bicyclic) bond motifs is 1. The molecule has 1 amide bonds. The van der Waals surface area contributed by atoms with Crippen LogP contribution in [0.1, 0.15) is 29.0 Å². The van der Waals surface area contributed by atoms with E-state index in [1.54, 1.807) is 29.4 Å². The SMILES string of the molecule is N/C=C(\C=NC[C@@H]1CCCN1C(=O)c1c(-c2ccccn2)nc2ccc(F)cn12)c1ccc(F)cn1. The van der Waals surface area contributed by atoms with Crippen LogP contribution in [-0.4, -0.2) is 55.5 Å². The standard InChI is InChI=1S/C26H23F2N7O/c27-18-6-8-21(32-14-18)17(12-29)13-30-15-20-4-3-11-34(20)26(36)25-24(22-5-1-2-10-31-22)33-23-9-7-19(28)16-35(23)25/h1-2,5-10,12-14,16,20H,3-4,11,15,29H2/b17-12+,30-13?/t20-/m0/s1. The van der Waals surface area contributed by atoms with Crippen molar-refractivity contribution in [2.45, 2.75) is 18.9 Å². The van der Waals surface area contributed by atoms with E-state index in [4.69, 9.17) is 5.73 Å². The number of carbonyl (C=O) groups is 1. The third-order valence-electron chi connectivity index (χ3n) is 6.08. The summed E-state index contributed by atoms with van der Waals surface area (Å²) in [5.41, 5.74) is 8.40. The average Bonchev–Trinajstić information content (AvgIpc) is 3.52. The number of likely N-dealkylation sites (tertiary alicyclic amines) is 1. The summed E-state index contributed by atoms with van der Waals surface area (Å²) in [6, 6.07) is 10.9. The van der Waals surface area contributed by atoms with Crippen molar-refractivity contribution < 1.29 is 13.6 Å². The van der Waals surface area contributed by atoms with Gasteiger partial charge in [0.2, 0.25) is 0 Å². The van der Waals surface area contributed by atoms with Crippen molar-refractivity contribution in [1.82, 2.24) is 24.3 Å². The minimum atomic E-state index is -0.473. The summed E-state index contributed by atoms with van der Waals surface area (Å²) < 4.78 is 28.8. The van der Waals surface area contributed by atoms with Gasteiger partial charge >= 0.3 is 0 Å². The molecule has 2 N–H and O–H groups in total. The molecule has 182 valence electrons. The zero-order chi connectivity index (χ0) is 25.1. The number of imidazole rings is 1. The first-order valence-electron chi connectivity index (χ1n) is 11.5. The van der Waals surface area contributed by atoms with Crippen LogP contribution in [0.5, 0.6) is 0 Å². The van der Waals surface area contributed by atoms with Crippen LogP contribution in [0.3, 0.4) is 0 Å². The maximum absolute atomic E-state index is 14.1. The van der Waals surface area contributed by atoms with Crippen LogP contribution in [0, 0.1) is 11.6 Å².